The third-order valence-corrected chi connectivity index (χ3v) is 4.13. The van der Waals surface area contributed by atoms with Gasteiger partial charge in [-0.1, -0.05) is 24.3 Å². The maximum absolute atomic E-state index is 5.01. The summed E-state index contributed by atoms with van der Waals surface area (Å²) in [5, 5.41) is 4.12. The minimum Gasteiger partial charge on any atom is -0.383 e. The Hall–Kier alpha value is -1.46. The molecule has 0 saturated carbocycles. The molecule has 0 aliphatic heterocycles. The molecule has 3 rings (SSSR count). The van der Waals surface area contributed by atoms with Gasteiger partial charge in [-0.15, -0.1) is 0 Å². The highest BCUT2D eigenvalue weighted by atomic mass is 32.1. The topological polar surface area (TPSA) is 47.0 Å². The van der Waals surface area contributed by atoms with Crippen molar-refractivity contribution in [2.75, 3.05) is 25.6 Å². The molecule has 0 fully saturated rings. The molecule has 0 bridgehead atoms. The highest BCUT2D eigenvalue weighted by Gasteiger charge is 2.25. The zero-order chi connectivity index (χ0) is 13.1. The number of anilines is 1. The summed E-state index contributed by atoms with van der Waals surface area (Å²) in [6.45, 7) is 1.46. The van der Waals surface area contributed by atoms with Crippen LogP contribution in [0.4, 0.5) is 5.13 Å². The number of benzene rings is 1. The summed E-state index contributed by atoms with van der Waals surface area (Å²) in [6, 6.07) is 8.62. The average Bonchev–Trinajstić information content (AvgIpc) is 3.04. The molecule has 0 saturated heterocycles. The van der Waals surface area contributed by atoms with E-state index in [0.717, 1.165) is 30.3 Å². The van der Waals surface area contributed by atoms with E-state index >= 15 is 0 Å². The van der Waals surface area contributed by atoms with Crippen molar-refractivity contribution in [3.8, 4) is 0 Å². The van der Waals surface area contributed by atoms with E-state index in [9.17, 15) is 0 Å². The number of fused-ring (bicyclic) bond motifs is 1. The van der Waals surface area contributed by atoms with Crippen molar-refractivity contribution < 1.29 is 4.74 Å². The van der Waals surface area contributed by atoms with Crippen LogP contribution < -0.4 is 5.32 Å². The molecule has 1 aliphatic rings. The molecule has 0 amide bonds. The van der Waals surface area contributed by atoms with Crippen LogP contribution >= 0.6 is 11.5 Å². The van der Waals surface area contributed by atoms with Crippen LogP contribution in [-0.2, 0) is 17.6 Å². The molecule has 0 spiro atoms. The second-order valence-corrected chi connectivity index (χ2v) is 5.50. The van der Waals surface area contributed by atoms with E-state index in [2.05, 4.69) is 38.9 Å². The lowest BCUT2D eigenvalue weighted by molar-refractivity contribution is 0.211. The highest BCUT2D eigenvalue weighted by molar-refractivity contribution is 7.09. The van der Waals surface area contributed by atoms with Crippen molar-refractivity contribution in [2.45, 2.75) is 18.8 Å². The molecule has 1 N–H and O–H groups in total. The monoisotopic (exact) mass is 275 g/mol. The van der Waals surface area contributed by atoms with Crippen LogP contribution in [0.2, 0.25) is 0 Å². The molecule has 0 unspecified atom stereocenters. The molecule has 100 valence electrons. The fourth-order valence-corrected chi connectivity index (χ4v) is 3.14. The molecule has 19 heavy (non-hydrogen) atoms. The van der Waals surface area contributed by atoms with Gasteiger partial charge in [0, 0.05) is 31.1 Å². The Morgan fingerprint density at radius 1 is 1.32 bits per heavy atom. The van der Waals surface area contributed by atoms with Gasteiger partial charge in [0.05, 0.1) is 6.61 Å². The van der Waals surface area contributed by atoms with E-state index in [4.69, 9.17) is 4.74 Å². The SMILES string of the molecule is COCCNc1nc(C2Cc3ccccc3C2)ns1. The van der Waals surface area contributed by atoms with Gasteiger partial charge < -0.3 is 10.1 Å². The molecule has 1 aliphatic carbocycles. The van der Waals surface area contributed by atoms with Crippen LogP contribution in [-0.4, -0.2) is 29.6 Å². The Balaban J connectivity index is 1.65. The predicted octanol–water partition coefficient (Wildman–Crippen LogP) is 2.48. The van der Waals surface area contributed by atoms with E-state index in [1.165, 1.54) is 22.7 Å². The number of nitrogens with zero attached hydrogens (tertiary/aromatic N) is 2. The number of methoxy groups -OCH3 is 1. The third-order valence-electron chi connectivity index (χ3n) is 3.44. The summed E-state index contributed by atoms with van der Waals surface area (Å²) >= 11 is 1.44. The summed E-state index contributed by atoms with van der Waals surface area (Å²) in [5.74, 6) is 1.41. The van der Waals surface area contributed by atoms with Crippen LogP contribution in [0.3, 0.4) is 0 Å². The molecule has 0 atom stereocenters. The van der Waals surface area contributed by atoms with Gasteiger partial charge in [-0.25, -0.2) is 4.98 Å². The molecule has 5 heteroatoms. The van der Waals surface area contributed by atoms with Crippen LogP contribution in [0.25, 0.3) is 0 Å². The maximum atomic E-state index is 5.01. The van der Waals surface area contributed by atoms with E-state index in [-0.39, 0.29) is 0 Å². The molecule has 0 radical (unpaired) electrons. The summed E-state index contributed by atoms with van der Waals surface area (Å²) < 4.78 is 9.49. The van der Waals surface area contributed by atoms with Crippen LogP contribution in [0.15, 0.2) is 24.3 Å². The summed E-state index contributed by atoms with van der Waals surface area (Å²) in [4.78, 5) is 4.59. The molecular formula is C14H17N3OS. The first kappa shape index (κ1) is 12.6. The Labute approximate surface area is 117 Å². The molecule has 4 nitrogen and oxygen atoms in total. The van der Waals surface area contributed by atoms with Gasteiger partial charge in [-0.3, -0.25) is 0 Å². The van der Waals surface area contributed by atoms with Gasteiger partial charge in [-0.05, 0) is 24.0 Å². The Bertz CT molecular complexity index is 530. The first-order chi connectivity index (χ1) is 9.36. The average molecular weight is 275 g/mol. The number of rotatable bonds is 5. The van der Waals surface area contributed by atoms with Crippen molar-refractivity contribution in [2.24, 2.45) is 0 Å². The van der Waals surface area contributed by atoms with Gasteiger partial charge in [0.15, 0.2) is 0 Å². The number of hydrogen-bond acceptors (Lipinski definition) is 5. The fourth-order valence-electron chi connectivity index (χ4n) is 2.47. The van der Waals surface area contributed by atoms with Crippen LogP contribution in [0.1, 0.15) is 22.9 Å². The fraction of sp³-hybridized carbons (Fsp3) is 0.429. The molecule has 2 aromatic rings. The summed E-state index contributed by atoms with van der Waals surface area (Å²) in [7, 11) is 1.70. The van der Waals surface area contributed by atoms with Gasteiger partial charge >= 0.3 is 0 Å². The van der Waals surface area contributed by atoms with Gasteiger partial charge in [0.25, 0.3) is 0 Å². The van der Waals surface area contributed by atoms with Crippen LogP contribution in [0, 0.1) is 0 Å². The van der Waals surface area contributed by atoms with Gasteiger partial charge in [0.2, 0.25) is 5.13 Å². The number of aromatic nitrogens is 2. The lowest BCUT2D eigenvalue weighted by Crippen LogP contribution is -2.07. The second kappa shape index (κ2) is 5.67. The van der Waals surface area contributed by atoms with Crippen LogP contribution in [0.5, 0.6) is 0 Å². The molecular weight excluding hydrogens is 258 g/mol. The Morgan fingerprint density at radius 3 is 2.74 bits per heavy atom. The van der Waals surface area contributed by atoms with Crippen molar-refractivity contribution >= 4 is 16.7 Å². The minimum absolute atomic E-state index is 0.437. The van der Waals surface area contributed by atoms with E-state index in [1.807, 2.05) is 0 Å². The normalized spacial score (nSPS) is 14.6. The first-order valence-electron chi connectivity index (χ1n) is 6.50. The Kier molecular flexibility index (Phi) is 3.75. The quantitative estimate of drug-likeness (QED) is 0.852. The van der Waals surface area contributed by atoms with Gasteiger partial charge in [-0.2, -0.15) is 4.37 Å². The molecule has 1 aromatic carbocycles. The van der Waals surface area contributed by atoms with Gasteiger partial charge in [0.1, 0.15) is 5.82 Å². The zero-order valence-electron chi connectivity index (χ0n) is 10.9. The number of ether oxygens (including phenoxy) is 1. The minimum atomic E-state index is 0.437. The highest BCUT2D eigenvalue weighted by Crippen LogP contribution is 2.33. The van der Waals surface area contributed by atoms with Crippen molar-refractivity contribution in [3.05, 3.63) is 41.2 Å². The lowest BCUT2D eigenvalue weighted by atomic mass is 10.1. The smallest absolute Gasteiger partial charge is 0.202 e. The maximum Gasteiger partial charge on any atom is 0.202 e. The van der Waals surface area contributed by atoms with E-state index in [1.54, 1.807) is 7.11 Å². The summed E-state index contributed by atoms with van der Waals surface area (Å²) in [6.07, 6.45) is 2.12. The standard InChI is InChI=1S/C14H17N3OS/c1-18-7-6-15-14-16-13(17-19-14)12-8-10-4-2-3-5-11(10)9-12/h2-5,12H,6-9H2,1H3,(H,15,16,17). The van der Waals surface area contributed by atoms with Crippen molar-refractivity contribution in [1.82, 2.24) is 9.36 Å². The number of hydrogen-bond donors (Lipinski definition) is 1. The zero-order valence-corrected chi connectivity index (χ0v) is 11.7. The largest absolute Gasteiger partial charge is 0.383 e. The van der Waals surface area contributed by atoms with E-state index < -0.39 is 0 Å². The molecule has 1 heterocycles. The van der Waals surface area contributed by atoms with Crippen molar-refractivity contribution in [1.29, 1.82) is 0 Å². The first-order valence-corrected chi connectivity index (χ1v) is 7.27. The predicted molar refractivity (Wildman–Crippen MR) is 76.9 cm³/mol. The lowest BCUT2D eigenvalue weighted by Gasteiger charge is -2.02. The Morgan fingerprint density at radius 2 is 2.05 bits per heavy atom. The second-order valence-electron chi connectivity index (χ2n) is 4.75. The summed E-state index contributed by atoms with van der Waals surface area (Å²) in [5.41, 5.74) is 2.88. The molecule has 1 aromatic heterocycles. The van der Waals surface area contributed by atoms with Crippen molar-refractivity contribution in [3.63, 3.8) is 0 Å². The van der Waals surface area contributed by atoms with E-state index in [0.29, 0.717) is 12.5 Å². The third kappa shape index (κ3) is 2.77. The number of nitrogens with one attached hydrogen (secondary N) is 1.